The lowest BCUT2D eigenvalue weighted by molar-refractivity contribution is 0.298. The lowest BCUT2D eigenvalue weighted by Gasteiger charge is -2.09. The topological polar surface area (TPSA) is 30.5 Å². The predicted octanol–water partition coefficient (Wildman–Crippen LogP) is 3.46. The molecular formula is C16H23NO2. The van der Waals surface area contributed by atoms with Crippen molar-refractivity contribution in [1.29, 1.82) is 0 Å². The first-order chi connectivity index (χ1) is 9.35. The van der Waals surface area contributed by atoms with Gasteiger partial charge in [0.05, 0.1) is 12.6 Å². The van der Waals surface area contributed by atoms with Gasteiger partial charge in [-0.1, -0.05) is 6.08 Å². The van der Waals surface area contributed by atoms with Gasteiger partial charge in [-0.05, 0) is 44.9 Å². The number of fused-ring (bicyclic) bond motifs is 1. The number of likely N-dealkylation sites (N-methyl/N-ethyl adjacent to an activating group) is 1. The molecule has 0 radical (unpaired) electrons. The van der Waals surface area contributed by atoms with Gasteiger partial charge in [-0.15, -0.1) is 6.58 Å². The Morgan fingerprint density at radius 1 is 1.42 bits per heavy atom. The van der Waals surface area contributed by atoms with Gasteiger partial charge in [-0.25, -0.2) is 0 Å². The zero-order chi connectivity index (χ0) is 13.5. The highest BCUT2D eigenvalue weighted by Crippen LogP contribution is 2.34. The summed E-state index contributed by atoms with van der Waals surface area (Å²) in [6, 6.07) is 6.43. The van der Waals surface area contributed by atoms with Crippen molar-refractivity contribution in [1.82, 2.24) is 5.32 Å². The Bertz CT molecular complexity index is 417. The number of rotatable bonds is 8. The molecular weight excluding hydrogens is 238 g/mol. The monoisotopic (exact) mass is 261 g/mol. The molecule has 1 N–H and O–H groups in total. The summed E-state index contributed by atoms with van der Waals surface area (Å²) in [5.41, 5.74) is 1.22. The van der Waals surface area contributed by atoms with Crippen molar-refractivity contribution in [3.63, 3.8) is 0 Å². The van der Waals surface area contributed by atoms with E-state index in [2.05, 4.69) is 18.0 Å². The van der Waals surface area contributed by atoms with E-state index >= 15 is 0 Å². The number of nitrogens with one attached hydrogen (secondary N) is 1. The SMILES string of the molecule is C=CCCCCCOc1ccc2c(c1)OCC2NC. The normalized spacial score (nSPS) is 16.8. The van der Waals surface area contributed by atoms with Crippen molar-refractivity contribution in [2.45, 2.75) is 31.7 Å². The van der Waals surface area contributed by atoms with Crippen LogP contribution >= 0.6 is 0 Å². The Hall–Kier alpha value is -1.48. The molecule has 0 bridgehead atoms. The smallest absolute Gasteiger partial charge is 0.127 e. The molecule has 1 aliphatic heterocycles. The Morgan fingerprint density at radius 3 is 3.11 bits per heavy atom. The van der Waals surface area contributed by atoms with Crippen LogP contribution in [-0.2, 0) is 0 Å². The maximum absolute atomic E-state index is 5.75. The van der Waals surface area contributed by atoms with Crippen LogP contribution in [0.3, 0.4) is 0 Å². The Morgan fingerprint density at radius 2 is 2.32 bits per heavy atom. The third-order valence-corrected chi connectivity index (χ3v) is 3.44. The number of benzene rings is 1. The summed E-state index contributed by atoms with van der Waals surface area (Å²) in [4.78, 5) is 0. The lowest BCUT2D eigenvalue weighted by Crippen LogP contribution is -2.17. The molecule has 1 heterocycles. The first kappa shape index (κ1) is 13.9. The van der Waals surface area contributed by atoms with Gasteiger partial charge in [0.1, 0.15) is 18.1 Å². The van der Waals surface area contributed by atoms with Crippen molar-refractivity contribution >= 4 is 0 Å². The van der Waals surface area contributed by atoms with Crippen LogP contribution in [0.25, 0.3) is 0 Å². The van der Waals surface area contributed by atoms with Crippen molar-refractivity contribution in [2.75, 3.05) is 20.3 Å². The summed E-state index contributed by atoms with van der Waals surface area (Å²) in [6.45, 7) is 5.20. The number of hydrogen-bond donors (Lipinski definition) is 1. The zero-order valence-electron chi connectivity index (χ0n) is 11.7. The molecule has 1 aliphatic rings. The highest BCUT2D eigenvalue weighted by Gasteiger charge is 2.22. The fourth-order valence-corrected chi connectivity index (χ4v) is 2.28. The summed E-state index contributed by atoms with van der Waals surface area (Å²) < 4.78 is 11.4. The Labute approximate surface area is 115 Å². The lowest BCUT2D eigenvalue weighted by atomic mass is 10.1. The molecule has 19 heavy (non-hydrogen) atoms. The molecule has 0 saturated heterocycles. The minimum atomic E-state index is 0.308. The quantitative estimate of drug-likeness (QED) is 0.574. The third kappa shape index (κ3) is 3.74. The maximum atomic E-state index is 5.75. The second-order valence-electron chi connectivity index (χ2n) is 4.84. The second kappa shape index (κ2) is 7.19. The third-order valence-electron chi connectivity index (χ3n) is 3.44. The molecule has 0 aliphatic carbocycles. The van der Waals surface area contributed by atoms with Crippen LogP contribution in [0.4, 0.5) is 0 Å². The molecule has 3 heteroatoms. The molecule has 1 aromatic rings. The molecule has 1 unspecified atom stereocenters. The minimum Gasteiger partial charge on any atom is -0.493 e. The van der Waals surface area contributed by atoms with Gasteiger partial charge in [0.15, 0.2) is 0 Å². The highest BCUT2D eigenvalue weighted by molar-refractivity contribution is 5.44. The molecule has 1 atom stereocenters. The fraction of sp³-hybridized carbons (Fsp3) is 0.500. The van der Waals surface area contributed by atoms with Gasteiger partial charge < -0.3 is 14.8 Å². The van der Waals surface area contributed by atoms with E-state index in [0.29, 0.717) is 12.6 Å². The summed E-state index contributed by atoms with van der Waals surface area (Å²) in [6.07, 6.45) is 6.54. The molecule has 0 fully saturated rings. The average molecular weight is 261 g/mol. The number of ether oxygens (including phenoxy) is 2. The van der Waals surface area contributed by atoms with E-state index in [1.807, 2.05) is 25.3 Å². The average Bonchev–Trinajstić information content (AvgIpc) is 2.85. The molecule has 104 valence electrons. The summed E-state index contributed by atoms with van der Waals surface area (Å²) >= 11 is 0. The van der Waals surface area contributed by atoms with Gasteiger partial charge in [0, 0.05) is 11.6 Å². The van der Waals surface area contributed by atoms with E-state index < -0.39 is 0 Å². The molecule has 1 aromatic carbocycles. The predicted molar refractivity (Wildman–Crippen MR) is 77.9 cm³/mol. The van der Waals surface area contributed by atoms with Crippen molar-refractivity contribution < 1.29 is 9.47 Å². The summed E-state index contributed by atoms with van der Waals surface area (Å²) in [5.74, 6) is 1.85. The Balaban J connectivity index is 1.78. The molecule has 2 rings (SSSR count). The molecule has 3 nitrogen and oxygen atoms in total. The van der Waals surface area contributed by atoms with E-state index in [1.165, 1.54) is 18.4 Å². The van der Waals surface area contributed by atoms with Crippen molar-refractivity contribution in [2.24, 2.45) is 0 Å². The van der Waals surface area contributed by atoms with Crippen LogP contribution < -0.4 is 14.8 Å². The number of allylic oxidation sites excluding steroid dienone is 1. The maximum Gasteiger partial charge on any atom is 0.127 e. The minimum absolute atomic E-state index is 0.308. The zero-order valence-corrected chi connectivity index (χ0v) is 11.7. The van der Waals surface area contributed by atoms with Crippen LogP contribution in [0.15, 0.2) is 30.9 Å². The standard InChI is InChI=1S/C16H23NO2/c1-3-4-5-6-7-10-18-13-8-9-14-15(17-2)12-19-16(14)11-13/h3,8-9,11,15,17H,1,4-7,10,12H2,2H3. The van der Waals surface area contributed by atoms with E-state index in [9.17, 15) is 0 Å². The molecule has 0 amide bonds. The van der Waals surface area contributed by atoms with Gasteiger partial charge in [-0.2, -0.15) is 0 Å². The molecule has 0 saturated carbocycles. The number of unbranched alkanes of at least 4 members (excludes halogenated alkanes) is 3. The largest absolute Gasteiger partial charge is 0.493 e. The van der Waals surface area contributed by atoms with Gasteiger partial charge >= 0.3 is 0 Å². The van der Waals surface area contributed by atoms with Crippen LogP contribution in [0.1, 0.15) is 37.3 Å². The van der Waals surface area contributed by atoms with Crippen molar-refractivity contribution in [3.05, 3.63) is 36.4 Å². The van der Waals surface area contributed by atoms with Crippen LogP contribution in [0.5, 0.6) is 11.5 Å². The number of hydrogen-bond acceptors (Lipinski definition) is 3. The van der Waals surface area contributed by atoms with Crippen LogP contribution in [-0.4, -0.2) is 20.3 Å². The fourth-order valence-electron chi connectivity index (χ4n) is 2.28. The van der Waals surface area contributed by atoms with Gasteiger partial charge in [-0.3, -0.25) is 0 Å². The van der Waals surface area contributed by atoms with Crippen LogP contribution in [0, 0.1) is 0 Å². The first-order valence-corrected chi connectivity index (χ1v) is 7.03. The van der Waals surface area contributed by atoms with Crippen molar-refractivity contribution in [3.8, 4) is 11.5 Å². The summed E-state index contributed by atoms with van der Waals surface area (Å²) in [7, 11) is 1.96. The van der Waals surface area contributed by atoms with Gasteiger partial charge in [0.25, 0.3) is 0 Å². The summed E-state index contributed by atoms with van der Waals surface area (Å²) in [5, 5.41) is 3.24. The van der Waals surface area contributed by atoms with E-state index in [1.54, 1.807) is 0 Å². The first-order valence-electron chi connectivity index (χ1n) is 7.03. The molecule has 0 spiro atoms. The molecule has 0 aromatic heterocycles. The van der Waals surface area contributed by atoms with E-state index in [0.717, 1.165) is 30.9 Å². The van der Waals surface area contributed by atoms with Crippen LogP contribution in [0.2, 0.25) is 0 Å². The van der Waals surface area contributed by atoms with E-state index in [4.69, 9.17) is 9.47 Å². The Kier molecular flexibility index (Phi) is 5.28. The highest BCUT2D eigenvalue weighted by atomic mass is 16.5. The van der Waals surface area contributed by atoms with E-state index in [-0.39, 0.29) is 0 Å². The van der Waals surface area contributed by atoms with Gasteiger partial charge in [0.2, 0.25) is 0 Å². The second-order valence-corrected chi connectivity index (χ2v) is 4.84.